The molecule has 0 radical (unpaired) electrons. The molecule has 20 heavy (non-hydrogen) atoms. The van der Waals surface area contributed by atoms with Crippen LogP contribution in [0.25, 0.3) is 0 Å². The van der Waals surface area contributed by atoms with Crippen LogP contribution in [0.5, 0.6) is 0 Å². The molecule has 0 aromatic heterocycles. The topological polar surface area (TPSA) is 49.8 Å². The van der Waals surface area contributed by atoms with E-state index in [1.165, 1.54) is 0 Å². The number of ether oxygens (including phenoxy) is 1. The van der Waals surface area contributed by atoms with Gasteiger partial charge in [-0.15, -0.1) is 0 Å². The van der Waals surface area contributed by atoms with Crippen molar-refractivity contribution in [1.29, 1.82) is 0 Å². The van der Waals surface area contributed by atoms with Gasteiger partial charge in [0, 0.05) is 17.1 Å². The van der Waals surface area contributed by atoms with Crippen molar-refractivity contribution >= 4 is 33.5 Å². The minimum atomic E-state index is -0.789. The van der Waals surface area contributed by atoms with Crippen LogP contribution in [0.3, 0.4) is 0 Å². The third-order valence-corrected chi connectivity index (χ3v) is 4.83. The third-order valence-electron chi connectivity index (χ3n) is 3.61. The standard InChI is InChI=1S/C14H17BrClNO3/c1-2-17(13-8-20-7-10(13)14(18)19)6-9-3-4-12(16)11(15)5-9/h3-5,10,13H,2,6-8H2,1H3,(H,18,19). The number of carbonyl (C=O) groups is 1. The maximum Gasteiger partial charge on any atom is 0.310 e. The average molecular weight is 363 g/mol. The second-order valence-corrected chi connectivity index (χ2v) is 6.12. The average Bonchev–Trinajstić information content (AvgIpc) is 2.89. The van der Waals surface area contributed by atoms with Crippen LogP contribution < -0.4 is 0 Å². The Kier molecular flexibility index (Phi) is 5.43. The molecular formula is C14H17BrClNO3. The Morgan fingerprint density at radius 3 is 2.90 bits per heavy atom. The van der Waals surface area contributed by atoms with Crippen molar-refractivity contribution in [2.75, 3.05) is 19.8 Å². The van der Waals surface area contributed by atoms with Crippen molar-refractivity contribution in [1.82, 2.24) is 4.90 Å². The number of hydrogen-bond donors (Lipinski definition) is 1. The zero-order valence-corrected chi connectivity index (χ0v) is 13.5. The first-order chi connectivity index (χ1) is 9.52. The zero-order chi connectivity index (χ0) is 14.7. The van der Waals surface area contributed by atoms with E-state index in [4.69, 9.17) is 16.3 Å². The van der Waals surface area contributed by atoms with Crippen molar-refractivity contribution in [3.63, 3.8) is 0 Å². The smallest absolute Gasteiger partial charge is 0.310 e. The first kappa shape index (κ1) is 15.8. The van der Waals surface area contributed by atoms with Gasteiger partial charge >= 0.3 is 5.97 Å². The van der Waals surface area contributed by atoms with Crippen molar-refractivity contribution in [3.8, 4) is 0 Å². The van der Waals surface area contributed by atoms with E-state index in [-0.39, 0.29) is 6.04 Å². The first-order valence-electron chi connectivity index (χ1n) is 6.51. The molecule has 1 heterocycles. The van der Waals surface area contributed by atoms with Gasteiger partial charge in [0.2, 0.25) is 0 Å². The predicted octanol–water partition coefficient (Wildman–Crippen LogP) is 3.02. The van der Waals surface area contributed by atoms with E-state index in [0.29, 0.717) is 24.8 Å². The Morgan fingerprint density at radius 1 is 1.55 bits per heavy atom. The molecule has 2 unspecified atom stereocenters. The molecule has 2 rings (SSSR count). The number of likely N-dealkylation sites (N-methyl/N-ethyl adjacent to an activating group) is 1. The molecule has 2 atom stereocenters. The zero-order valence-electron chi connectivity index (χ0n) is 11.2. The number of hydrogen-bond acceptors (Lipinski definition) is 3. The fourth-order valence-corrected chi connectivity index (χ4v) is 3.02. The highest BCUT2D eigenvalue weighted by Crippen LogP contribution is 2.26. The van der Waals surface area contributed by atoms with Gasteiger partial charge < -0.3 is 9.84 Å². The number of nitrogens with zero attached hydrogens (tertiary/aromatic N) is 1. The fourth-order valence-electron chi connectivity index (χ4n) is 2.47. The molecule has 6 heteroatoms. The van der Waals surface area contributed by atoms with Crippen LogP contribution in [0.2, 0.25) is 5.02 Å². The number of rotatable bonds is 5. The summed E-state index contributed by atoms with van der Waals surface area (Å²) < 4.78 is 6.19. The number of benzene rings is 1. The molecule has 1 fully saturated rings. The van der Waals surface area contributed by atoms with Crippen LogP contribution in [-0.2, 0) is 16.1 Å². The molecule has 1 aliphatic heterocycles. The normalized spacial score (nSPS) is 22.4. The third kappa shape index (κ3) is 3.52. The second-order valence-electron chi connectivity index (χ2n) is 4.86. The number of carboxylic acids is 1. The van der Waals surface area contributed by atoms with Crippen LogP contribution in [0, 0.1) is 5.92 Å². The van der Waals surface area contributed by atoms with Crippen LogP contribution in [0.1, 0.15) is 12.5 Å². The summed E-state index contributed by atoms with van der Waals surface area (Å²) in [5.41, 5.74) is 1.10. The van der Waals surface area contributed by atoms with Gasteiger partial charge in [-0.05, 0) is 40.2 Å². The Balaban J connectivity index is 2.12. The lowest BCUT2D eigenvalue weighted by Crippen LogP contribution is -2.42. The van der Waals surface area contributed by atoms with E-state index in [1.807, 2.05) is 25.1 Å². The molecule has 0 aliphatic carbocycles. The van der Waals surface area contributed by atoms with Gasteiger partial charge in [-0.2, -0.15) is 0 Å². The lowest BCUT2D eigenvalue weighted by molar-refractivity contribution is -0.143. The largest absolute Gasteiger partial charge is 0.481 e. The van der Waals surface area contributed by atoms with Gasteiger partial charge in [0.05, 0.1) is 24.2 Å². The van der Waals surface area contributed by atoms with Gasteiger partial charge in [0.15, 0.2) is 0 Å². The van der Waals surface area contributed by atoms with Crippen LogP contribution in [-0.4, -0.2) is 41.8 Å². The van der Waals surface area contributed by atoms with E-state index in [1.54, 1.807) is 0 Å². The van der Waals surface area contributed by atoms with E-state index in [2.05, 4.69) is 20.8 Å². The highest BCUT2D eigenvalue weighted by atomic mass is 79.9. The fraction of sp³-hybridized carbons (Fsp3) is 0.500. The van der Waals surface area contributed by atoms with Gasteiger partial charge in [-0.1, -0.05) is 24.6 Å². The molecule has 0 bridgehead atoms. The van der Waals surface area contributed by atoms with E-state index in [0.717, 1.165) is 16.6 Å². The maximum atomic E-state index is 11.3. The van der Waals surface area contributed by atoms with Crippen molar-refractivity contribution in [2.24, 2.45) is 5.92 Å². The molecule has 1 aromatic carbocycles. The van der Waals surface area contributed by atoms with Crippen molar-refractivity contribution in [3.05, 3.63) is 33.3 Å². The summed E-state index contributed by atoms with van der Waals surface area (Å²) in [6, 6.07) is 5.69. The van der Waals surface area contributed by atoms with Gasteiger partial charge in [0.25, 0.3) is 0 Å². The summed E-state index contributed by atoms with van der Waals surface area (Å²) in [4.78, 5) is 13.4. The predicted molar refractivity (Wildman–Crippen MR) is 81.0 cm³/mol. The summed E-state index contributed by atoms with van der Waals surface area (Å²) in [5.74, 6) is -1.24. The minimum Gasteiger partial charge on any atom is -0.481 e. The van der Waals surface area contributed by atoms with Gasteiger partial charge in [-0.3, -0.25) is 9.69 Å². The molecule has 0 spiro atoms. The van der Waals surface area contributed by atoms with Crippen LogP contribution in [0.4, 0.5) is 0 Å². The molecule has 1 N–H and O–H groups in total. The van der Waals surface area contributed by atoms with E-state index < -0.39 is 11.9 Å². The summed E-state index contributed by atoms with van der Waals surface area (Å²) >= 11 is 9.39. The quantitative estimate of drug-likeness (QED) is 0.875. The molecule has 0 amide bonds. The summed E-state index contributed by atoms with van der Waals surface area (Å²) in [7, 11) is 0. The lowest BCUT2D eigenvalue weighted by atomic mass is 10.0. The number of carboxylic acid groups (broad SMARTS) is 1. The highest BCUT2D eigenvalue weighted by Gasteiger charge is 2.37. The molecule has 110 valence electrons. The van der Waals surface area contributed by atoms with Crippen molar-refractivity contribution in [2.45, 2.75) is 19.5 Å². The molecule has 1 saturated heterocycles. The number of aliphatic carboxylic acids is 1. The molecule has 0 saturated carbocycles. The molecule has 4 nitrogen and oxygen atoms in total. The SMILES string of the molecule is CCN(Cc1ccc(Cl)c(Br)c1)C1COCC1C(=O)O. The van der Waals surface area contributed by atoms with Gasteiger partial charge in [-0.25, -0.2) is 0 Å². The summed E-state index contributed by atoms with van der Waals surface area (Å²) in [6.07, 6.45) is 0. The lowest BCUT2D eigenvalue weighted by Gasteiger charge is -2.29. The Hall–Kier alpha value is -0.620. The molecular weight excluding hydrogens is 346 g/mol. The number of halogens is 2. The summed E-state index contributed by atoms with van der Waals surface area (Å²) in [5, 5.41) is 9.91. The van der Waals surface area contributed by atoms with E-state index in [9.17, 15) is 9.90 Å². The minimum absolute atomic E-state index is 0.0769. The molecule has 1 aliphatic rings. The Bertz CT molecular complexity index is 497. The maximum absolute atomic E-state index is 11.3. The molecule has 1 aromatic rings. The highest BCUT2D eigenvalue weighted by molar-refractivity contribution is 9.10. The second kappa shape index (κ2) is 6.89. The summed E-state index contributed by atoms with van der Waals surface area (Å²) in [6.45, 7) is 4.25. The van der Waals surface area contributed by atoms with Gasteiger partial charge in [0.1, 0.15) is 0 Å². The Morgan fingerprint density at radius 2 is 2.30 bits per heavy atom. The first-order valence-corrected chi connectivity index (χ1v) is 7.68. The van der Waals surface area contributed by atoms with Crippen molar-refractivity contribution < 1.29 is 14.6 Å². The van der Waals surface area contributed by atoms with Crippen LogP contribution >= 0.6 is 27.5 Å². The van der Waals surface area contributed by atoms with Crippen LogP contribution in [0.15, 0.2) is 22.7 Å². The van der Waals surface area contributed by atoms with E-state index >= 15 is 0 Å². The Labute approximate surface area is 131 Å². The monoisotopic (exact) mass is 361 g/mol.